The topological polar surface area (TPSA) is 76.4 Å². The molecule has 0 N–H and O–H groups in total. The molecule has 9 heteroatoms. The maximum absolute atomic E-state index is 15.1. The first-order chi connectivity index (χ1) is 17.4. The number of carbonyl (C=O) groups is 1. The molecule has 0 saturated carbocycles. The molecule has 1 aliphatic heterocycles. The van der Waals surface area contributed by atoms with Gasteiger partial charge in [0.2, 0.25) is 0 Å². The van der Waals surface area contributed by atoms with E-state index in [1.165, 1.54) is 12.4 Å². The molecule has 4 aromatic rings. The maximum atomic E-state index is 15.1. The van der Waals surface area contributed by atoms with Crippen molar-refractivity contribution in [1.82, 2.24) is 24.4 Å². The molecule has 1 aromatic carbocycles. The van der Waals surface area contributed by atoms with Crippen molar-refractivity contribution in [3.63, 3.8) is 0 Å². The Bertz CT molecular complexity index is 1420. The molecule has 0 unspecified atom stereocenters. The van der Waals surface area contributed by atoms with Gasteiger partial charge in [0.05, 0.1) is 12.0 Å². The number of aryl methyl sites for hydroxylation is 1. The fourth-order valence-electron chi connectivity index (χ4n) is 4.86. The lowest BCUT2D eigenvalue weighted by atomic mass is 10.0. The van der Waals surface area contributed by atoms with Gasteiger partial charge in [-0.1, -0.05) is 18.2 Å². The van der Waals surface area contributed by atoms with Crippen LogP contribution >= 0.6 is 0 Å². The smallest absolute Gasteiger partial charge is 0.410 e. The van der Waals surface area contributed by atoms with E-state index in [-0.39, 0.29) is 24.0 Å². The summed E-state index contributed by atoms with van der Waals surface area (Å²) in [5.41, 5.74) is 2.86. The third kappa shape index (κ3) is 4.14. The number of nitrogens with zero attached hydrogens (tertiary/aromatic N) is 6. The number of ether oxygens (including phenoxy) is 1. The number of benzene rings is 1. The number of piperazine rings is 1. The van der Waals surface area contributed by atoms with Gasteiger partial charge in [-0.05, 0) is 51.5 Å². The number of rotatable bonds is 4. The number of carbonyl (C=O) groups excluding carboxylic acids is 1. The van der Waals surface area contributed by atoms with Crippen LogP contribution in [0.25, 0.3) is 28.0 Å². The van der Waals surface area contributed by atoms with E-state index in [0.717, 1.165) is 10.9 Å². The Balaban J connectivity index is 1.68. The Hall–Kier alpha value is -4.01. The third-order valence-corrected chi connectivity index (χ3v) is 6.64. The van der Waals surface area contributed by atoms with Gasteiger partial charge >= 0.3 is 6.09 Å². The van der Waals surface area contributed by atoms with Crippen LogP contribution in [0.1, 0.15) is 26.3 Å². The summed E-state index contributed by atoms with van der Waals surface area (Å²) in [6.07, 6.45) is 4.85. The molecular weight excluding hydrogens is 459 g/mol. The third-order valence-electron chi connectivity index (χ3n) is 6.64. The standard InChI is InChI=1S/C27H29FN6O2/c1-5-36-27(35)33-14-18(3)32(13-19(33)4)25-24-21(20-8-6-7-9-22(20)28)15-34(26(24)31-16-30-25)23-12-17(2)10-11-29-23/h6-12,15-16,18-19H,5,13-14H2,1-4H3/t18-,19+/m0/s1. The van der Waals surface area contributed by atoms with Crippen LogP contribution in [0.4, 0.5) is 15.0 Å². The molecule has 1 saturated heterocycles. The zero-order valence-electron chi connectivity index (χ0n) is 20.8. The fraction of sp³-hybridized carbons (Fsp3) is 0.333. The minimum atomic E-state index is -0.322. The van der Waals surface area contributed by atoms with Crippen LogP contribution < -0.4 is 4.90 Å². The molecule has 186 valence electrons. The summed E-state index contributed by atoms with van der Waals surface area (Å²) in [6, 6.07) is 10.5. The van der Waals surface area contributed by atoms with Gasteiger partial charge in [0.25, 0.3) is 0 Å². The Morgan fingerprint density at radius 1 is 1.08 bits per heavy atom. The summed E-state index contributed by atoms with van der Waals surface area (Å²) < 4.78 is 22.2. The highest BCUT2D eigenvalue weighted by molar-refractivity contribution is 6.02. The van der Waals surface area contributed by atoms with Crippen molar-refractivity contribution >= 4 is 22.9 Å². The second-order valence-corrected chi connectivity index (χ2v) is 9.18. The average molecular weight is 489 g/mol. The van der Waals surface area contributed by atoms with Crippen molar-refractivity contribution in [2.75, 3.05) is 24.6 Å². The Morgan fingerprint density at radius 3 is 2.64 bits per heavy atom. The van der Waals surface area contributed by atoms with Crippen molar-refractivity contribution < 1.29 is 13.9 Å². The number of halogens is 1. The fourth-order valence-corrected chi connectivity index (χ4v) is 4.86. The van der Waals surface area contributed by atoms with Crippen LogP contribution in [0.15, 0.2) is 55.1 Å². The van der Waals surface area contributed by atoms with Crippen molar-refractivity contribution in [2.45, 2.75) is 39.8 Å². The van der Waals surface area contributed by atoms with Gasteiger partial charge in [-0.15, -0.1) is 0 Å². The molecule has 2 atom stereocenters. The van der Waals surface area contributed by atoms with E-state index in [1.54, 1.807) is 30.2 Å². The Kier molecular flexibility index (Phi) is 6.30. The molecule has 1 amide bonds. The summed E-state index contributed by atoms with van der Waals surface area (Å²) in [5, 5.41) is 0.745. The van der Waals surface area contributed by atoms with Crippen LogP contribution in [0, 0.1) is 12.7 Å². The minimum absolute atomic E-state index is 0.0439. The minimum Gasteiger partial charge on any atom is -0.450 e. The number of pyridine rings is 1. The van der Waals surface area contributed by atoms with E-state index in [9.17, 15) is 4.79 Å². The molecule has 5 rings (SSSR count). The predicted molar refractivity (Wildman–Crippen MR) is 137 cm³/mol. The van der Waals surface area contributed by atoms with Gasteiger partial charge in [0.15, 0.2) is 5.65 Å². The van der Waals surface area contributed by atoms with Crippen LogP contribution in [-0.4, -0.2) is 62.3 Å². The quantitative estimate of drug-likeness (QED) is 0.403. The van der Waals surface area contributed by atoms with Gasteiger partial charge in [0, 0.05) is 48.7 Å². The zero-order chi connectivity index (χ0) is 25.4. The highest BCUT2D eigenvalue weighted by atomic mass is 19.1. The molecule has 4 heterocycles. The largest absolute Gasteiger partial charge is 0.450 e. The summed E-state index contributed by atoms with van der Waals surface area (Å²) in [4.78, 5) is 30.2. The molecule has 0 bridgehead atoms. The van der Waals surface area contributed by atoms with Crippen LogP contribution in [-0.2, 0) is 4.74 Å². The molecule has 0 spiro atoms. The van der Waals surface area contributed by atoms with Crippen molar-refractivity contribution in [3.05, 3.63) is 66.5 Å². The van der Waals surface area contributed by atoms with E-state index < -0.39 is 0 Å². The van der Waals surface area contributed by atoms with E-state index in [0.29, 0.717) is 48.1 Å². The molecule has 1 fully saturated rings. The number of fused-ring (bicyclic) bond motifs is 1. The summed E-state index contributed by atoms with van der Waals surface area (Å²) >= 11 is 0. The molecule has 1 aliphatic rings. The van der Waals surface area contributed by atoms with Crippen LogP contribution in [0.5, 0.6) is 0 Å². The second kappa shape index (κ2) is 9.56. The van der Waals surface area contributed by atoms with E-state index in [2.05, 4.69) is 19.9 Å². The van der Waals surface area contributed by atoms with Crippen LogP contribution in [0.3, 0.4) is 0 Å². The highest BCUT2D eigenvalue weighted by Crippen LogP contribution is 2.39. The molecule has 0 radical (unpaired) electrons. The first kappa shape index (κ1) is 23.7. The van der Waals surface area contributed by atoms with E-state index in [4.69, 9.17) is 4.74 Å². The van der Waals surface area contributed by atoms with E-state index >= 15 is 4.39 Å². The predicted octanol–water partition coefficient (Wildman–Crippen LogP) is 4.99. The van der Waals surface area contributed by atoms with Crippen molar-refractivity contribution in [3.8, 4) is 16.9 Å². The number of aromatic nitrogens is 4. The van der Waals surface area contributed by atoms with Crippen molar-refractivity contribution in [2.24, 2.45) is 0 Å². The SMILES string of the molecule is CCOC(=O)N1C[C@H](C)N(c2ncnc3c2c(-c2ccccc2F)cn3-c2cc(C)ccn2)C[C@H]1C. The highest BCUT2D eigenvalue weighted by Gasteiger charge is 2.35. The maximum Gasteiger partial charge on any atom is 0.410 e. The first-order valence-corrected chi connectivity index (χ1v) is 12.1. The summed E-state index contributed by atoms with van der Waals surface area (Å²) in [7, 11) is 0. The van der Waals surface area contributed by atoms with Crippen LogP contribution in [0.2, 0.25) is 0 Å². The zero-order valence-corrected chi connectivity index (χ0v) is 20.8. The monoisotopic (exact) mass is 488 g/mol. The van der Waals surface area contributed by atoms with Gasteiger partial charge < -0.3 is 14.5 Å². The Morgan fingerprint density at radius 2 is 1.89 bits per heavy atom. The van der Waals surface area contributed by atoms with Gasteiger partial charge in [-0.25, -0.2) is 24.1 Å². The summed E-state index contributed by atoms with van der Waals surface area (Å²) in [6.45, 7) is 9.22. The Labute approximate surface area is 209 Å². The van der Waals surface area contributed by atoms with Crippen molar-refractivity contribution in [1.29, 1.82) is 0 Å². The summed E-state index contributed by atoms with van der Waals surface area (Å²) in [5.74, 6) is 1.07. The number of anilines is 1. The first-order valence-electron chi connectivity index (χ1n) is 12.1. The number of amides is 1. The normalized spacial score (nSPS) is 18.0. The average Bonchev–Trinajstić information content (AvgIpc) is 3.25. The lowest BCUT2D eigenvalue weighted by molar-refractivity contribution is 0.0829. The van der Waals surface area contributed by atoms with E-state index in [1.807, 2.05) is 49.7 Å². The lowest BCUT2D eigenvalue weighted by Gasteiger charge is -2.44. The molecule has 3 aromatic heterocycles. The number of hydrogen-bond donors (Lipinski definition) is 0. The molecular formula is C27H29FN6O2. The van der Waals surface area contributed by atoms with Gasteiger partial charge in [-0.2, -0.15) is 0 Å². The molecule has 36 heavy (non-hydrogen) atoms. The second-order valence-electron chi connectivity index (χ2n) is 9.18. The molecule has 8 nitrogen and oxygen atoms in total. The van der Waals surface area contributed by atoms with Gasteiger partial charge in [-0.3, -0.25) is 4.57 Å². The molecule has 0 aliphatic carbocycles. The number of hydrogen-bond acceptors (Lipinski definition) is 6. The lowest BCUT2D eigenvalue weighted by Crippen LogP contribution is -2.58. The van der Waals surface area contributed by atoms with Gasteiger partial charge in [0.1, 0.15) is 23.8 Å².